The second-order valence-electron chi connectivity index (χ2n) is 11.7. The van der Waals surface area contributed by atoms with Crippen LogP contribution in [-0.2, 0) is 72.4 Å². The van der Waals surface area contributed by atoms with Crippen molar-refractivity contribution in [3.8, 4) is 0 Å². The third-order valence-electron chi connectivity index (χ3n) is 7.29. The van der Waals surface area contributed by atoms with E-state index in [2.05, 4.69) is 9.13 Å². The third-order valence-corrected chi connectivity index (χ3v) is 8.24. The SMILES string of the molecule is CC.CC.CC.CC.CC.CC.CCc1ccccc1C(=O)OCc1ccccc1[N+](=O)[O-].CCc1ccccc1C(F)(F)OC(=O)NS(C)(=O)=O.CCc1ccccc1C(O)(F)F.CS(=O)(=O)N=C=O. The number of sulfonamides is 2. The van der Waals surface area contributed by atoms with E-state index in [1.807, 2.05) is 102 Å². The standard InChI is InChI=1S/C16H15NO4.C11H13F2NO4S.C9H10F2O.C2H3NO3S.6C2H6/c1-2-12-7-3-5-9-14(12)16(18)21-11-13-8-4-6-10-15(13)17(19)20;1-3-8-6-4-5-7-9(8)11(12,13)18-10(15)14-19(2,16)17;1-2-7-5-3-4-6-8(7)9(10,11)12;1-7(5,6)3-2-4;6*1-2/h3-10H,2,11H2,1H3;4-7H,3H2,1-2H3,(H,14,15);3-6,12H,2H2,1H3;1H3;6*1-2H3. The summed E-state index contributed by atoms with van der Waals surface area (Å²) in [5.74, 6) is -0.467. The number of para-hydroxylation sites is 1. The van der Waals surface area contributed by atoms with Crippen LogP contribution in [0.1, 0.15) is 148 Å². The zero-order valence-electron chi connectivity index (χ0n) is 44.2. The average molecular weight is 1050 g/mol. The molecule has 0 radical (unpaired) electrons. The molecule has 21 heteroatoms. The molecular weight excluding hydrogens is 975 g/mol. The fourth-order valence-electron chi connectivity index (χ4n) is 4.71. The van der Waals surface area contributed by atoms with Crippen molar-refractivity contribution in [3.05, 3.63) is 146 Å². The first-order valence-corrected chi connectivity index (χ1v) is 26.8. The van der Waals surface area contributed by atoms with Gasteiger partial charge in [-0.05, 0) is 54.2 Å². The summed E-state index contributed by atoms with van der Waals surface area (Å²) >= 11 is 0. The van der Waals surface area contributed by atoms with Gasteiger partial charge in [-0.1, -0.05) is 181 Å². The molecule has 0 aliphatic carbocycles. The number of nitrogens with zero attached hydrogens (tertiary/aromatic N) is 2. The monoisotopic (exact) mass is 1050 g/mol. The van der Waals surface area contributed by atoms with E-state index < -0.39 is 54.8 Å². The molecule has 0 saturated carbocycles. The second-order valence-corrected chi connectivity index (χ2v) is 15.1. The van der Waals surface area contributed by atoms with Crippen LogP contribution in [0.25, 0.3) is 0 Å². The van der Waals surface area contributed by atoms with Crippen LogP contribution in [0.4, 0.5) is 28.0 Å². The second kappa shape index (κ2) is 44.0. The van der Waals surface area contributed by atoms with Crippen LogP contribution in [-0.4, -0.2) is 57.5 Å². The van der Waals surface area contributed by atoms with Gasteiger partial charge in [0, 0.05) is 6.07 Å². The van der Waals surface area contributed by atoms with E-state index in [0.29, 0.717) is 41.4 Å². The number of nitrogens with one attached hydrogen (secondary N) is 1. The molecule has 4 aromatic rings. The molecule has 0 unspecified atom stereocenters. The lowest BCUT2D eigenvalue weighted by molar-refractivity contribution is -0.385. The Balaban J connectivity index is -0.000000193. The molecule has 0 aliphatic heterocycles. The molecule has 0 atom stereocenters. The predicted molar refractivity (Wildman–Crippen MR) is 275 cm³/mol. The highest BCUT2D eigenvalue weighted by Gasteiger charge is 2.39. The lowest BCUT2D eigenvalue weighted by Crippen LogP contribution is -2.35. The van der Waals surface area contributed by atoms with E-state index in [4.69, 9.17) is 14.6 Å². The molecule has 2 N–H and O–H groups in total. The molecule has 0 bridgehead atoms. The smallest absolute Gasteiger partial charge is 0.430 e. The van der Waals surface area contributed by atoms with Gasteiger partial charge in [-0.2, -0.15) is 17.6 Å². The maximum atomic E-state index is 13.8. The summed E-state index contributed by atoms with van der Waals surface area (Å²) in [6, 6.07) is 24.9. The molecule has 71 heavy (non-hydrogen) atoms. The zero-order chi connectivity index (χ0) is 57.0. The minimum atomic E-state index is -3.95. The van der Waals surface area contributed by atoms with Gasteiger partial charge in [0.05, 0.1) is 39.7 Å². The lowest BCUT2D eigenvalue weighted by Gasteiger charge is -2.19. The summed E-state index contributed by atoms with van der Waals surface area (Å²) in [4.78, 5) is 42.7. The number of isocyanates is 1. The molecule has 4 rings (SSSR count). The van der Waals surface area contributed by atoms with E-state index in [1.54, 1.807) is 62.4 Å². The molecule has 404 valence electrons. The third kappa shape index (κ3) is 35.7. The van der Waals surface area contributed by atoms with Crippen molar-refractivity contribution in [1.82, 2.24) is 4.72 Å². The molecule has 0 heterocycles. The van der Waals surface area contributed by atoms with Crippen molar-refractivity contribution >= 4 is 43.9 Å². The van der Waals surface area contributed by atoms with Crippen molar-refractivity contribution in [2.75, 3.05) is 12.5 Å². The fraction of sp³-hybridized carbons (Fsp3) is 0.460. The van der Waals surface area contributed by atoms with E-state index in [-0.39, 0.29) is 17.9 Å². The summed E-state index contributed by atoms with van der Waals surface area (Å²) in [5, 5.41) is 19.4. The Kier molecular flexibility index (Phi) is 47.3. The minimum Gasteiger partial charge on any atom is -0.457 e. The number of nitro benzene ring substituents is 1. The quantitative estimate of drug-likeness (QED) is 0.0337. The van der Waals surface area contributed by atoms with Crippen molar-refractivity contribution < 1.29 is 68.3 Å². The van der Waals surface area contributed by atoms with Crippen molar-refractivity contribution in [3.63, 3.8) is 0 Å². The van der Waals surface area contributed by atoms with Gasteiger partial charge in [0.2, 0.25) is 10.0 Å². The summed E-state index contributed by atoms with van der Waals surface area (Å²) in [7, 11) is -7.42. The normalized spacial score (nSPS) is 9.66. The molecule has 4 aromatic carbocycles. The van der Waals surface area contributed by atoms with Gasteiger partial charge in [-0.3, -0.25) is 10.1 Å². The minimum absolute atomic E-state index is 0.0472. The topological polar surface area (TPSA) is 226 Å². The van der Waals surface area contributed by atoms with Crippen LogP contribution >= 0.6 is 0 Å². The first-order valence-electron chi connectivity index (χ1n) is 23.0. The van der Waals surface area contributed by atoms with Crippen molar-refractivity contribution in [2.24, 2.45) is 4.40 Å². The van der Waals surface area contributed by atoms with Crippen LogP contribution in [0, 0.1) is 10.1 Å². The molecule has 0 aliphatic rings. The van der Waals surface area contributed by atoms with Gasteiger partial charge in [0.25, 0.3) is 21.8 Å². The average Bonchev–Trinajstić information content (AvgIpc) is 3.36. The highest BCUT2D eigenvalue weighted by molar-refractivity contribution is 7.89. The molecule has 0 spiro atoms. The maximum absolute atomic E-state index is 13.8. The molecular formula is C50H77F4N3O12S2. The van der Waals surface area contributed by atoms with Gasteiger partial charge in [0.15, 0.2) is 0 Å². The molecule has 0 fully saturated rings. The largest absolute Gasteiger partial charge is 0.457 e. The maximum Gasteiger partial charge on any atom is 0.430 e. The van der Waals surface area contributed by atoms with Gasteiger partial charge < -0.3 is 14.6 Å². The number of carbonyl (C=O) groups excluding carboxylic acids is 3. The highest BCUT2D eigenvalue weighted by atomic mass is 32.2. The first kappa shape index (κ1) is 76.5. The number of amides is 1. The Labute approximate surface area is 420 Å². The first-order chi connectivity index (χ1) is 33.4. The van der Waals surface area contributed by atoms with Crippen LogP contribution in [0.5, 0.6) is 0 Å². The summed E-state index contributed by atoms with van der Waals surface area (Å²) in [6.45, 7) is 29.3. The number of carbonyl (C=O) groups is 2. The van der Waals surface area contributed by atoms with E-state index in [1.165, 1.54) is 35.1 Å². The molecule has 0 saturated heterocycles. The zero-order valence-corrected chi connectivity index (χ0v) is 45.9. The van der Waals surface area contributed by atoms with Crippen molar-refractivity contribution in [1.29, 1.82) is 0 Å². The summed E-state index contributed by atoms with van der Waals surface area (Å²) < 4.78 is 106. The summed E-state index contributed by atoms with van der Waals surface area (Å²) in [5.41, 5.74) is 1.74. The Morgan fingerprint density at radius 3 is 1.37 bits per heavy atom. The van der Waals surface area contributed by atoms with E-state index in [0.717, 1.165) is 30.4 Å². The Hall–Kier alpha value is -6.02. The highest BCUT2D eigenvalue weighted by Crippen LogP contribution is 2.32. The van der Waals surface area contributed by atoms with Crippen LogP contribution in [0.3, 0.4) is 0 Å². The van der Waals surface area contributed by atoms with Crippen LogP contribution < -0.4 is 4.72 Å². The number of benzene rings is 4. The van der Waals surface area contributed by atoms with Gasteiger partial charge >= 0.3 is 24.3 Å². The Bertz CT molecular complexity index is 2320. The van der Waals surface area contributed by atoms with Gasteiger partial charge in [0.1, 0.15) is 6.61 Å². The lowest BCUT2D eigenvalue weighted by atomic mass is 10.0. The number of aliphatic hydroxyl groups is 1. The van der Waals surface area contributed by atoms with E-state index in [9.17, 15) is 54.1 Å². The number of rotatable bonds is 12. The molecule has 15 nitrogen and oxygen atoms in total. The van der Waals surface area contributed by atoms with Crippen LogP contribution in [0.15, 0.2) is 101 Å². The number of esters is 1. The number of hydrogen-bond donors (Lipinski definition) is 2. The van der Waals surface area contributed by atoms with Gasteiger partial charge in [-0.25, -0.2) is 35.9 Å². The molecule has 0 aromatic heterocycles. The predicted octanol–water partition coefficient (Wildman–Crippen LogP) is 13.2. The molecule has 1 amide bonds. The van der Waals surface area contributed by atoms with Crippen LogP contribution in [0.2, 0.25) is 0 Å². The Morgan fingerprint density at radius 1 is 0.648 bits per heavy atom. The number of ether oxygens (including phenoxy) is 2. The summed E-state index contributed by atoms with van der Waals surface area (Å²) in [6.07, 6.45) is -5.44. The Morgan fingerprint density at radius 2 is 1.01 bits per heavy atom. The van der Waals surface area contributed by atoms with Gasteiger partial charge in [-0.15, -0.1) is 0 Å². The van der Waals surface area contributed by atoms with Crippen molar-refractivity contribution in [2.45, 2.75) is 142 Å². The number of alkyl halides is 4. The number of hydrogen-bond acceptors (Lipinski definition) is 12. The number of halogens is 4. The number of aryl methyl sites for hydroxylation is 3. The number of nitro groups is 1. The van der Waals surface area contributed by atoms with E-state index >= 15 is 0 Å². The fourth-order valence-corrected chi connectivity index (χ4v) is 5.19.